The number of anilines is 2. The molecule has 0 spiro atoms. The Bertz CT molecular complexity index is 2430. The van der Waals surface area contributed by atoms with E-state index in [9.17, 15) is 37.8 Å². The van der Waals surface area contributed by atoms with Gasteiger partial charge in [0.1, 0.15) is 17.1 Å². The van der Waals surface area contributed by atoms with Crippen molar-refractivity contribution in [1.29, 1.82) is 0 Å². The standard InChI is InChI=1S/C34H26ClF3N4O9/c1-48-21-8-14-9-22(51-27(14)29(50-3)28(21)49-2)31(44)39-16-4-5-17-13(6-16)7-18(40-17)32(45)42-12-15(11-35)23-19(42)10-20(43)26-24(23)25(33(46)47)30(41-26)34(36,37)38/h4-10,15,40-41,43H,11-12H2,1-3H3,(H,39,44)(H,46,47)/t15-/m1/s1. The number of fused-ring (bicyclic) bond motifs is 5. The van der Waals surface area contributed by atoms with E-state index in [1.807, 2.05) is 4.98 Å². The number of amides is 2. The van der Waals surface area contributed by atoms with Crippen LogP contribution < -0.4 is 24.4 Å². The predicted octanol–water partition coefficient (Wildman–Crippen LogP) is 7.08. The number of hydrogen-bond donors (Lipinski definition) is 5. The van der Waals surface area contributed by atoms with Crippen LogP contribution in [0.2, 0.25) is 0 Å². The molecule has 0 aliphatic carbocycles. The van der Waals surface area contributed by atoms with Gasteiger partial charge in [0.25, 0.3) is 11.8 Å². The number of nitrogens with zero attached hydrogens (tertiary/aromatic N) is 1. The monoisotopic (exact) mass is 726 g/mol. The van der Waals surface area contributed by atoms with Crippen molar-refractivity contribution in [3.05, 3.63) is 70.7 Å². The molecule has 5 N–H and O–H groups in total. The summed E-state index contributed by atoms with van der Waals surface area (Å²) in [6.07, 6.45) is -5.07. The predicted molar refractivity (Wildman–Crippen MR) is 179 cm³/mol. The Labute approximate surface area is 289 Å². The van der Waals surface area contributed by atoms with Gasteiger partial charge in [-0.2, -0.15) is 13.2 Å². The van der Waals surface area contributed by atoms with E-state index in [1.165, 1.54) is 38.4 Å². The van der Waals surface area contributed by atoms with Gasteiger partial charge in [0.05, 0.1) is 38.1 Å². The van der Waals surface area contributed by atoms with E-state index < -0.39 is 52.4 Å². The number of carboxylic acids is 1. The minimum absolute atomic E-state index is 0.0233. The molecule has 17 heteroatoms. The normalized spacial score (nSPS) is 14.3. The lowest BCUT2D eigenvalue weighted by molar-refractivity contribution is -0.141. The molecule has 0 radical (unpaired) electrons. The highest BCUT2D eigenvalue weighted by Crippen LogP contribution is 2.49. The van der Waals surface area contributed by atoms with Gasteiger partial charge in [-0.3, -0.25) is 9.59 Å². The molecule has 0 saturated carbocycles. The molecule has 1 aliphatic rings. The number of nitrogens with one attached hydrogen (secondary N) is 3. The minimum Gasteiger partial charge on any atom is -0.506 e. The number of carboxylic acid groups (broad SMARTS) is 1. The highest BCUT2D eigenvalue weighted by Gasteiger charge is 2.43. The molecule has 1 aliphatic heterocycles. The summed E-state index contributed by atoms with van der Waals surface area (Å²) in [5, 5.41) is 24.0. The first-order chi connectivity index (χ1) is 24.3. The van der Waals surface area contributed by atoms with Crippen LogP contribution in [0.15, 0.2) is 46.9 Å². The third kappa shape index (κ3) is 5.29. The second kappa shape index (κ2) is 12.1. The van der Waals surface area contributed by atoms with E-state index in [2.05, 4.69) is 10.3 Å². The molecule has 264 valence electrons. The van der Waals surface area contributed by atoms with Crippen LogP contribution in [0.25, 0.3) is 32.8 Å². The van der Waals surface area contributed by atoms with Crippen LogP contribution in [-0.2, 0) is 6.18 Å². The van der Waals surface area contributed by atoms with Gasteiger partial charge in [-0.1, -0.05) is 0 Å². The van der Waals surface area contributed by atoms with Gasteiger partial charge in [-0.25, -0.2) is 4.79 Å². The second-order valence-corrected chi connectivity index (χ2v) is 11.9. The van der Waals surface area contributed by atoms with Gasteiger partial charge < -0.3 is 49.0 Å². The van der Waals surface area contributed by atoms with Crippen LogP contribution in [0.3, 0.4) is 0 Å². The smallest absolute Gasteiger partial charge is 0.432 e. The summed E-state index contributed by atoms with van der Waals surface area (Å²) >= 11 is 6.21. The summed E-state index contributed by atoms with van der Waals surface area (Å²) in [6.45, 7) is -0.0987. The van der Waals surface area contributed by atoms with E-state index >= 15 is 0 Å². The number of hydrogen-bond acceptors (Lipinski definition) is 8. The highest BCUT2D eigenvalue weighted by molar-refractivity contribution is 6.20. The average Bonchev–Trinajstić information content (AvgIpc) is 3.88. The molecule has 0 saturated heterocycles. The first-order valence-electron chi connectivity index (χ1n) is 15.1. The van der Waals surface area contributed by atoms with Crippen molar-refractivity contribution >= 4 is 73.5 Å². The molecular weight excluding hydrogens is 701 g/mol. The molecule has 13 nitrogen and oxygen atoms in total. The summed E-state index contributed by atoms with van der Waals surface area (Å²) in [5.41, 5.74) is -1.69. The van der Waals surface area contributed by atoms with Crippen molar-refractivity contribution in [3.63, 3.8) is 0 Å². The third-order valence-electron chi connectivity index (χ3n) is 8.75. The van der Waals surface area contributed by atoms with Crippen LogP contribution >= 0.6 is 11.6 Å². The summed E-state index contributed by atoms with van der Waals surface area (Å²) in [6, 6.07) is 10.6. The molecule has 0 bridgehead atoms. The van der Waals surface area contributed by atoms with Crippen molar-refractivity contribution in [2.45, 2.75) is 12.1 Å². The van der Waals surface area contributed by atoms with Gasteiger partial charge in [0, 0.05) is 51.8 Å². The maximum Gasteiger partial charge on any atom is 0.432 e. The first kappa shape index (κ1) is 33.5. The molecule has 0 fully saturated rings. The maximum absolute atomic E-state index is 13.9. The largest absolute Gasteiger partial charge is 0.506 e. The van der Waals surface area contributed by atoms with Crippen molar-refractivity contribution < 1.29 is 56.4 Å². The number of benzene rings is 3. The number of H-pyrrole nitrogens is 2. The number of alkyl halides is 4. The van der Waals surface area contributed by atoms with Crippen molar-refractivity contribution in [1.82, 2.24) is 9.97 Å². The lowest BCUT2D eigenvalue weighted by Crippen LogP contribution is -2.30. The van der Waals surface area contributed by atoms with Gasteiger partial charge in [0.2, 0.25) is 11.5 Å². The molecule has 51 heavy (non-hydrogen) atoms. The van der Waals surface area contributed by atoms with E-state index in [-0.39, 0.29) is 51.8 Å². The summed E-state index contributed by atoms with van der Waals surface area (Å²) in [7, 11) is 4.33. The number of aromatic carboxylic acids is 1. The summed E-state index contributed by atoms with van der Waals surface area (Å²) in [5.74, 6) is -3.75. The van der Waals surface area contributed by atoms with Crippen LogP contribution in [0, 0.1) is 0 Å². The van der Waals surface area contributed by atoms with E-state index in [0.29, 0.717) is 33.5 Å². The fraction of sp³-hybridized carbons (Fsp3) is 0.206. The van der Waals surface area contributed by atoms with Gasteiger partial charge in [-0.05, 0) is 42.0 Å². The maximum atomic E-state index is 13.9. The molecule has 0 unspecified atom stereocenters. The van der Waals surface area contributed by atoms with Crippen molar-refractivity contribution in [2.24, 2.45) is 0 Å². The number of rotatable bonds is 8. The number of carbonyl (C=O) groups is 3. The number of aromatic nitrogens is 2. The molecule has 2 amide bonds. The van der Waals surface area contributed by atoms with Gasteiger partial charge in [0.15, 0.2) is 17.1 Å². The highest BCUT2D eigenvalue weighted by atomic mass is 35.5. The fourth-order valence-corrected chi connectivity index (χ4v) is 6.83. The van der Waals surface area contributed by atoms with E-state index in [0.717, 1.165) is 6.07 Å². The average molecular weight is 727 g/mol. The van der Waals surface area contributed by atoms with Crippen molar-refractivity contribution in [3.8, 4) is 23.0 Å². The molecule has 3 aromatic carbocycles. The lowest BCUT2D eigenvalue weighted by Gasteiger charge is -2.17. The Kier molecular flexibility index (Phi) is 7.93. The number of methoxy groups -OCH3 is 3. The SMILES string of the molecule is COc1cc2cc(C(=O)Nc3ccc4[nH]c(C(=O)N5C[C@@H](CCl)c6c5cc(O)c5[nH]c(C(F)(F)F)c(C(=O)O)c65)cc4c3)oc2c(OC)c1OC. The van der Waals surface area contributed by atoms with Gasteiger partial charge in [-0.15, -0.1) is 11.6 Å². The number of carbonyl (C=O) groups excluding carboxylic acids is 2. The van der Waals surface area contributed by atoms with Crippen LogP contribution in [0.1, 0.15) is 48.6 Å². The Hall–Kier alpha value is -6.03. The Morgan fingerprint density at radius 2 is 1.76 bits per heavy atom. The fourth-order valence-electron chi connectivity index (χ4n) is 6.58. The molecule has 1 atom stereocenters. The van der Waals surface area contributed by atoms with Crippen LogP contribution in [-0.4, -0.2) is 71.7 Å². The molecule has 4 heterocycles. The van der Waals surface area contributed by atoms with Crippen LogP contribution in [0.5, 0.6) is 23.0 Å². The molecule has 3 aromatic heterocycles. The van der Waals surface area contributed by atoms with Crippen LogP contribution in [0.4, 0.5) is 24.5 Å². The summed E-state index contributed by atoms with van der Waals surface area (Å²) in [4.78, 5) is 45.5. The number of furan rings is 1. The lowest BCUT2D eigenvalue weighted by atomic mass is 9.95. The number of halogens is 4. The second-order valence-electron chi connectivity index (χ2n) is 11.6. The number of ether oxygens (including phenoxy) is 3. The Morgan fingerprint density at radius 3 is 2.41 bits per heavy atom. The minimum atomic E-state index is -5.07. The number of phenols is 1. The zero-order valence-corrected chi connectivity index (χ0v) is 27.5. The quantitative estimate of drug-likeness (QED) is 0.103. The number of phenolic OH excluding ortho intramolecular Hbond substituents is 1. The topological polar surface area (TPSA) is 179 Å². The Balaban J connectivity index is 1.20. The molecular formula is C34H26ClF3N4O9. The zero-order chi connectivity index (χ0) is 36.5. The Morgan fingerprint density at radius 1 is 1.02 bits per heavy atom. The molecule has 7 rings (SSSR count). The zero-order valence-electron chi connectivity index (χ0n) is 26.7. The van der Waals surface area contributed by atoms with Crippen molar-refractivity contribution in [2.75, 3.05) is 44.0 Å². The first-order valence-corrected chi connectivity index (χ1v) is 15.6. The number of aromatic hydroxyl groups is 1. The molecule has 6 aromatic rings. The summed E-state index contributed by atoms with van der Waals surface area (Å²) < 4.78 is 63.5. The number of aromatic amines is 2. The van der Waals surface area contributed by atoms with E-state index in [1.54, 1.807) is 24.3 Å². The third-order valence-corrected chi connectivity index (χ3v) is 9.12. The van der Waals surface area contributed by atoms with Gasteiger partial charge >= 0.3 is 12.1 Å². The van der Waals surface area contributed by atoms with E-state index in [4.69, 9.17) is 30.2 Å².